The summed E-state index contributed by atoms with van der Waals surface area (Å²) >= 11 is 0. The molecule has 0 radical (unpaired) electrons. The van der Waals surface area contributed by atoms with Gasteiger partial charge in [-0.25, -0.2) is 0 Å². The summed E-state index contributed by atoms with van der Waals surface area (Å²) < 4.78 is 0. The Morgan fingerprint density at radius 3 is 1.56 bits per heavy atom. The Morgan fingerprint density at radius 1 is 1.22 bits per heavy atom. The van der Waals surface area contributed by atoms with Crippen LogP contribution in [0.4, 0.5) is 0 Å². The first-order valence-electron chi connectivity index (χ1n) is 2.08. The third kappa shape index (κ3) is 44.8. The van der Waals surface area contributed by atoms with Gasteiger partial charge in [-0.15, -0.1) is 0 Å². The van der Waals surface area contributed by atoms with E-state index in [9.17, 15) is 0 Å². The van der Waals surface area contributed by atoms with Crippen LogP contribution in [0.25, 0.3) is 0 Å². The Hall–Kier alpha value is -1.05. The molecule has 52 valence electrons. The van der Waals surface area contributed by atoms with E-state index < -0.39 is 0 Å². The van der Waals surface area contributed by atoms with Crippen molar-refractivity contribution in [2.45, 2.75) is 0 Å². The minimum Gasteiger partial charge on any atom is -0.483 e. The van der Waals surface area contributed by atoms with Crippen LogP contribution in [0.3, 0.4) is 0 Å². The van der Waals surface area contributed by atoms with Gasteiger partial charge in [0, 0.05) is 0 Å². The van der Waals surface area contributed by atoms with E-state index in [1.807, 2.05) is 0 Å². The summed E-state index contributed by atoms with van der Waals surface area (Å²) in [6.07, 6.45) is 0. The van der Waals surface area contributed by atoms with Gasteiger partial charge in [-0.3, -0.25) is 4.79 Å². The summed E-state index contributed by atoms with van der Waals surface area (Å²) in [6, 6.07) is 0. The first kappa shape index (κ1) is 10.8. The summed E-state index contributed by atoms with van der Waals surface area (Å²) in [7, 11) is 0. The van der Waals surface area contributed by atoms with Gasteiger partial charge in [-0.1, -0.05) is 11.8 Å². The van der Waals surface area contributed by atoms with E-state index in [2.05, 4.69) is 11.8 Å². The largest absolute Gasteiger partial charge is 0.483 e. The van der Waals surface area contributed by atoms with Gasteiger partial charge in [0.2, 0.25) is 0 Å². The fourth-order valence-electron chi connectivity index (χ4n) is 0.112. The van der Waals surface area contributed by atoms with Crippen LogP contribution < -0.4 is 0 Å². The highest BCUT2D eigenvalue weighted by Crippen LogP contribution is 1.48. The molecule has 9 heavy (non-hydrogen) atoms. The molecular weight excluding hydrogens is 124 g/mol. The van der Waals surface area contributed by atoms with Gasteiger partial charge in [0.1, 0.15) is 13.2 Å². The molecule has 0 aromatic carbocycles. The summed E-state index contributed by atoms with van der Waals surface area (Å²) in [6.45, 7) is -0.582. The predicted octanol–water partition coefficient (Wildman–Crippen LogP) is -1.32. The molecule has 0 aromatic rings. The molecule has 0 fully saturated rings. The zero-order valence-corrected chi connectivity index (χ0v) is 4.74. The van der Waals surface area contributed by atoms with E-state index in [0.29, 0.717) is 0 Å². The van der Waals surface area contributed by atoms with E-state index in [-0.39, 0.29) is 19.7 Å². The normalized spacial score (nSPS) is 5.56. The third-order valence-corrected chi connectivity index (χ3v) is 0.283. The highest BCUT2D eigenvalue weighted by molar-refractivity contribution is 5.32. The molecule has 0 saturated heterocycles. The molecule has 0 aliphatic heterocycles. The van der Waals surface area contributed by atoms with Gasteiger partial charge < -0.3 is 15.3 Å². The molecule has 0 aliphatic rings. The van der Waals surface area contributed by atoms with Crippen molar-refractivity contribution < 1.29 is 20.1 Å². The molecule has 0 spiro atoms. The molecular formula is C5H8O4. The van der Waals surface area contributed by atoms with Crippen LogP contribution >= 0.6 is 0 Å². The van der Waals surface area contributed by atoms with Gasteiger partial charge in [0.25, 0.3) is 6.47 Å². The number of hydrogen-bond acceptors (Lipinski definition) is 3. The average Bonchev–Trinajstić information content (AvgIpc) is 1.86. The lowest BCUT2D eigenvalue weighted by Gasteiger charge is -1.66. The standard InChI is InChI=1S/C4H6O2.CH2O2/c5-3-1-2-4-6;2-1-3/h5-6H,3-4H2;1H,(H,2,3). The first-order chi connectivity index (χ1) is 4.33. The quantitative estimate of drug-likeness (QED) is 0.282. The number of rotatable bonds is 0. The maximum absolute atomic E-state index is 8.36. The topological polar surface area (TPSA) is 77.8 Å². The van der Waals surface area contributed by atoms with E-state index >= 15 is 0 Å². The molecule has 0 aromatic heterocycles. The fraction of sp³-hybridized carbons (Fsp3) is 0.400. The maximum Gasteiger partial charge on any atom is 0.290 e. The summed E-state index contributed by atoms with van der Waals surface area (Å²) in [4.78, 5) is 8.36. The van der Waals surface area contributed by atoms with Crippen LogP contribution in [-0.4, -0.2) is 35.0 Å². The van der Waals surface area contributed by atoms with Gasteiger partial charge in [-0.05, 0) is 0 Å². The van der Waals surface area contributed by atoms with Crippen LogP contribution in [0, 0.1) is 11.8 Å². The molecule has 0 heterocycles. The summed E-state index contributed by atoms with van der Waals surface area (Å²) in [5, 5.41) is 22.7. The molecule has 0 amide bonds. The second-order valence-corrected chi connectivity index (χ2v) is 0.775. The highest BCUT2D eigenvalue weighted by atomic mass is 16.3. The Bertz CT molecular complexity index is 91.3. The third-order valence-electron chi connectivity index (χ3n) is 0.283. The number of aliphatic hydroxyl groups is 2. The molecule has 0 bridgehead atoms. The SMILES string of the molecule is O=CO.OCC#CCO. The Morgan fingerprint density at radius 2 is 1.44 bits per heavy atom. The molecule has 0 aliphatic carbocycles. The fourth-order valence-corrected chi connectivity index (χ4v) is 0.112. The van der Waals surface area contributed by atoms with Gasteiger partial charge in [0.15, 0.2) is 0 Å². The molecule has 0 atom stereocenters. The Kier molecular flexibility index (Phi) is 19.0. The van der Waals surface area contributed by atoms with Crippen molar-refractivity contribution >= 4 is 6.47 Å². The molecule has 0 rings (SSSR count). The lowest BCUT2D eigenvalue weighted by molar-refractivity contribution is -0.122. The van der Waals surface area contributed by atoms with Crippen LogP contribution in [0.1, 0.15) is 0 Å². The maximum atomic E-state index is 8.36. The predicted molar refractivity (Wildman–Crippen MR) is 30.6 cm³/mol. The van der Waals surface area contributed by atoms with Crippen LogP contribution in [-0.2, 0) is 4.79 Å². The van der Waals surface area contributed by atoms with E-state index in [4.69, 9.17) is 20.1 Å². The average molecular weight is 132 g/mol. The van der Waals surface area contributed by atoms with E-state index in [0.717, 1.165) is 0 Å². The number of aliphatic hydroxyl groups excluding tert-OH is 2. The minimum atomic E-state index is -0.250. The molecule has 3 N–H and O–H groups in total. The second-order valence-electron chi connectivity index (χ2n) is 0.775. The highest BCUT2D eigenvalue weighted by Gasteiger charge is 1.57. The number of carboxylic acid groups (broad SMARTS) is 1. The molecule has 4 nitrogen and oxygen atoms in total. The molecule has 0 saturated carbocycles. The Labute approximate surface area is 52.7 Å². The van der Waals surface area contributed by atoms with Crippen LogP contribution in [0.5, 0.6) is 0 Å². The van der Waals surface area contributed by atoms with Crippen molar-refractivity contribution in [2.75, 3.05) is 13.2 Å². The second kappa shape index (κ2) is 15.8. The summed E-state index contributed by atoms with van der Waals surface area (Å²) in [5.74, 6) is 4.51. The van der Waals surface area contributed by atoms with Crippen molar-refractivity contribution in [1.29, 1.82) is 0 Å². The molecule has 4 heteroatoms. The minimum absolute atomic E-state index is 0.166. The summed E-state index contributed by atoms with van der Waals surface area (Å²) in [5.41, 5.74) is 0. The first-order valence-corrected chi connectivity index (χ1v) is 2.08. The van der Waals surface area contributed by atoms with Crippen molar-refractivity contribution in [3.05, 3.63) is 0 Å². The number of hydrogen-bond donors (Lipinski definition) is 3. The van der Waals surface area contributed by atoms with Crippen molar-refractivity contribution in [2.24, 2.45) is 0 Å². The van der Waals surface area contributed by atoms with Crippen LogP contribution in [0.2, 0.25) is 0 Å². The Balaban J connectivity index is 0. The lowest BCUT2D eigenvalue weighted by atomic mass is 10.6. The lowest BCUT2D eigenvalue weighted by Crippen LogP contribution is -1.74. The zero-order valence-electron chi connectivity index (χ0n) is 4.74. The van der Waals surface area contributed by atoms with Crippen molar-refractivity contribution in [1.82, 2.24) is 0 Å². The monoisotopic (exact) mass is 132 g/mol. The van der Waals surface area contributed by atoms with Crippen LogP contribution in [0.15, 0.2) is 0 Å². The van der Waals surface area contributed by atoms with Gasteiger partial charge >= 0.3 is 0 Å². The smallest absolute Gasteiger partial charge is 0.290 e. The number of carbonyl (C=O) groups is 1. The van der Waals surface area contributed by atoms with Gasteiger partial charge in [-0.2, -0.15) is 0 Å². The van der Waals surface area contributed by atoms with E-state index in [1.54, 1.807) is 0 Å². The van der Waals surface area contributed by atoms with Gasteiger partial charge in [0.05, 0.1) is 0 Å². The van der Waals surface area contributed by atoms with Crippen molar-refractivity contribution in [3.63, 3.8) is 0 Å². The zero-order chi connectivity index (χ0) is 7.54. The molecule has 0 unspecified atom stereocenters. The van der Waals surface area contributed by atoms with Crippen molar-refractivity contribution in [3.8, 4) is 11.8 Å². The van der Waals surface area contributed by atoms with E-state index in [1.165, 1.54) is 0 Å².